The summed E-state index contributed by atoms with van der Waals surface area (Å²) in [5, 5.41) is 3.74. The van der Waals surface area contributed by atoms with Gasteiger partial charge in [0.1, 0.15) is 5.69 Å². The van der Waals surface area contributed by atoms with Crippen molar-refractivity contribution in [3.63, 3.8) is 0 Å². The molecule has 2 N–H and O–H groups in total. The summed E-state index contributed by atoms with van der Waals surface area (Å²) in [4.78, 5) is 37.6. The van der Waals surface area contributed by atoms with Crippen LogP contribution in [-0.4, -0.2) is 21.5 Å². The van der Waals surface area contributed by atoms with E-state index >= 15 is 0 Å². The lowest BCUT2D eigenvalue weighted by atomic mass is 10.1. The van der Waals surface area contributed by atoms with Crippen LogP contribution in [0.25, 0.3) is 0 Å². The van der Waals surface area contributed by atoms with Gasteiger partial charge < -0.3 is 10.3 Å². The zero-order chi connectivity index (χ0) is 17.9. The maximum absolute atomic E-state index is 12.1. The van der Waals surface area contributed by atoms with Gasteiger partial charge in [-0.15, -0.1) is 0 Å². The number of nitrogens with one attached hydrogen (secondary N) is 2. The van der Waals surface area contributed by atoms with Crippen LogP contribution in [-0.2, 0) is 13.5 Å². The van der Waals surface area contributed by atoms with Crippen molar-refractivity contribution in [2.75, 3.05) is 0 Å². The van der Waals surface area contributed by atoms with E-state index in [4.69, 9.17) is 23.2 Å². The van der Waals surface area contributed by atoms with E-state index in [0.29, 0.717) is 22.9 Å². The van der Waals surface area contributed by atoms with Crippen LogP contribution in [0.2, 0.25) is 10.0 Å². The third kappa shape index (κ3) is 4.49. The normalized spacial score (nSPS) is 12.0. The fraction of sp³-hybridized carbons (Fsp3) is 0.312. The number of carbonyl (C=O) groups is 1. The maximum Gasteiger partial charge on any atom is 0.328 e. The predicted molar refractivity (Wildman–Crippen MR) is 94.0 cm³/mol. The average Bonchev–Trinajstić information content (AvgIpc) is 2.53. The van der Waals surface area contributed by atoms with Crippen LogP contribution < -0.4 is 16.6 Å². The zero-order valence-electron chi connectivity index (χ0n) is 13.2. The summed E-state index contributed by atoms with van der Waals surface area (Å²) >= 11 is 11.8. The molecule has 0 aliphatic heterocycles. The molecule has 1 amide bonds. The number of carbonyl (C=O) groups excluding carboxylic acids is 1. The van der Waals surface area contributed by atoms with Gasteiger partial charge in [0.25, 0.3) is 11.5 Å². The highest BCUT2D eigenvalue weighted by molar-refractivity contribution is 6.42. The minimum atomic E-state index is -0.629. The molecule has 0 radical (unpaired) electrons. The summed E-state index contributed by atoms with van der Waals surface area (Å²) in [6.45, 7) is 1.84. The first-order valence-electron chi connectivity index (χ1n) is 7.33. The number of H-pyrrole nitrogens is 1. The van der Waals surface area contributed by atoms with Gasteiger partial charge in [-0.3, -0.25) is 14.2 Å². The number of amides is 1. The number of hydrogen-bond donors (Lipinski definition) is 2. The molecule has 0 aliphatic rings. The Hall–Kier alpha value is -2.05. The zero-order valence-corrected chi connectivity index (χ0v) is 14.7. The first kappa shape index (κ1) is 18.3. The predicted octanol–water partition coefficient (Wildman–Crippen LogP) is 2.13. The van der Waals surface area contributed by atoms with Gasteiger partial charge in [0, 0.05) is 19.2 Å². The van der Waals surface area contributed by atoms with Crippen molar-refractivity contribution in [3.8, 4) is 0 Å². The molecular formula is C16H17Cl2N3O3. The number of aromatic nitrogens is 2. The smallest absolute Gasteiger partial charge is 0.328 e. The van der Waals surface area contributed by atoms with Crippen LogP contribution in [0.15, 0.2) is 33.9 Å². The molecule has 0 fully saturated rings. The van der Waals surface area contributed by atoms with Crippen molar-refractivity contribution < 1.29 is 4.79 Å². The van der Waals surface area contributed by atoms with Crippen molar-refractivity contribution in [3.05, 3.63) is 66.4 Å². The van der Waals surface area contributed by atoms with E-state index in [9.17, 15) is 14.4 Å². The molecule has 128 valence electrons. The summed E-state index contributed by atoms with van der Waals surface area (Å²) in [6, 6.07) is 6.34. The Bertz CT molecular complexity index is 842. The first-order chi connectivity index (χ1) is 11.3. The summed E-state index contributed by atoms with van der Waals surface area (Å²) in [7, 11) is 1.34. The second-order valence-electron chi connectivity index (χ2n) is 5.55. The lowest BCUT2D eigenvalue weighted by molar-refractivity contribution is 0.0932. The Kier molecular flexibility index (Phi) is 5.85. The summed E-state index contributed by atoms with van der Waals surface area (Å²) in [6.07, 6.45) is 1.37. The van der Waals surface area contributed by atoms with Gasteiger partial charge >= 0.3 is 5.69 Å². The van der Waals surface area contributed by atoms with Gasteiger partial charge in [-0.2, -0.15) is 0 Å². The summed E-state index contributed by atoms with van der Waals surface area (Å²) in [5.74, 6) is -0.494. The molecule has 0 aliphatic carbocycles. The van der Waals surface area contributed by atoms with Gasteiger partial charge in [0.2, 0.25) is 0 Å². The molecular weight excluding hydrogens is 353 g/mol. The van der Waals surface area contributed by atoms with Crippen molar-refractivity contribution in [1.82, 2.24) is 14.9 Å². The van der Waals surface area contributed by atoms with Crippen molar-refractivity contribution in [2.24, 2.45) is 7.05 Å². The summed E-state index contributed by atoms with van der Waals surface area (Å²) < 4.78 is 0.893. The van der Waals surface area contributed by atoms with Crippen LogP contribution in [0.1, 0.15) is 29.4 Å². The molecule has 1 atom stereocenters. The molecule has 0 saturated carbocycles. The molecule has 1 aromatic heterocycles. The fourth-order valence-electron chi connectivity index (χ4n) is 2.13. The highest BCUT2D eigenvalue weighted by Crippen LogP contribution is 2.23. The molecule has 0 bridgehead atoms. The van der Waals surface area contributed by atoms with Crippen molar-refractivity contribution in [2.45, 2.75) is 25.8 Å². The highest BCUT2D eigenvalue weighted by atomic mass is 35.5. The fourth-order valence-corrected chi connectivity index (χ4v) is 2.45. The lowest BCUT2D eigenvalue weighted by Gasteiger charge is -2.14. The first-order valence-corrected chi connectivity index (χ1v) is 8.08. The molecule has 1 heterocycles. The second-order valence-corrected chi connectivity index (χ2v) is 6.36. The monoisotopic (exact) mass is 369 g/mol. The number of halogens is 2. The van der Waals surface area contributed by atoms with Crippen molar-refractivity contribution in [1.29, 1.82) is 0 Å². The van der Waals surface area contributed by atoms with Crippen molar-refractivity contribution >= 4 is 29.1 Å². The Morgan fingerprint density at radius 1 is 1.25 bits per heavy atom. The number of rotatable bonds is 5. The van der Waals surface area contributed by atoms with Gasteiger partial charge in [-0.1, -0.05) is 29.3 Å². The molecule has 8 heteroatoms. The number of nitrogens with zero attached hydrogens (tertiary/aromatic N) is 1. The third-order valence-corrected chi connectivity index (χ3v) is 4.36. The molecule has 2 rings (SSSR count). The van der Waals surface area contributed by atoms with E-state index in [2.05, 4.69) is 10.3 Å². The number of benzene rings is 1. The van der Waals surface area contributed by atoms with Crippen LogP contribution in [0.5, 0.6) is 0 Å². The minimum absolute atomic E-state index is 0.0514. The maximum atomic E-state index is 12.1. The van der Waals surface area contributed by atoms with Crippen LogP contribution in [0.3, 0.4) is 0 Å². The number of hydrogen-bond acceptors (Lipinski definition) is 3. The van der Waals surface area contributed by atoms with Gasteiger partial charge in [-0.05, 0) is 37.5 Å². The van der Waals surface area contributed by atoms with E-state index in [-0.39, 0.29) is 11.7 Å². The molecule has 0 saturated heterocycles. The minimum Gasteiger partial charge on any atom is -0.348 e. The van der Waals surface area contributed by atoms with E-state index in [1.54, 1.807) is 12.1 Å². The Balaban J connectivity index is 1.97. The topological polar surface area (TPSA) is 84.0 Å². The lowest BCUT2D eigenvalue weighted by Crippen LogP contribution is -2.39. The van der Waals surface area contributed by atoms with Gasteiger partial charge in [-0.25, -0.2) is 4.79 Å². The van der Waals surface area contributed by atoms with E-state index in [1.807, 2.05) is 13.0 Å². The molecule has 2 aromatic rings. The molecule has 6 nitrogen and oxygen atoms in total. The average molecular weight is 370 g/mol. The standard InChI is InChI=1S/C16H17Cl2N3O3/c1-9(3-4-10-5-6-11(17)12(18)7-10)19-15(23)13-8-14(22)21(2)16(24)20-13/h5-9H,3-4H2,1-2H3,(H,19,23)(H,20,24)/t9-/m1/s1. The SMILES string of the molecule is C[C@H](CCc1ccc(Cl)c(Cl)c1)NC(=O)c1cc(=O)n(C)c(=O)[nH]1. The number of aryl methyl sites for hydroxylation is 1. The molecule has 0 spiro atoms. The summed E-state index contributed by atoms with van der Waals surface area (Å²) in [5.41, 5.74) is -0.208. The largest absolute Gasteiger partial charge is 0.348 e. The van der Waals surface area contributed by atoms with E-state index in [1.165, 1.54) is 7.05 Å². The molecule has 24 heavy (non-hydrogen) atoms. The van der Waals surface area contributed by atoms with Gasteiger partial charge in [0.15, 0.2) is 0 Å². The van der Waals surface area contributed by atoms with Gasteiger partial charge in [0.05, 0.1) is 10.0 Å². The second kappa shape index (κ2) is 7.68. The highest BCUT2D eigenvalue weighted by Gasteiger charge is 2.13. The van der Waals surface area contributed by atoms with Crippen LogP contribution in [0, 0.1) is 0 Å². The van der Waals surface area contributed by atoms with E-state index in [0.717, 1.165) is 16.2 Å². The van der Waals surface area contributed by atoms with Crippen LogP contribution in [0.4, 0.5) is 0 Å². The molecule has 0 unspecified atom stereocenters. The molecule has 1 aromatic carbocycles. The Labute approximate surface area is 148 Å². The quantitative estimate of drug-likeness (QED) is 0.846. The van der Waals surface area contributed by atoms with Crippen LogP contribution >= 0.6 is 23.2 Å². The number of aromatic amines is 1. The van der Waals surface area contributed by atoms with E-state index < -0.39 is 17.2 Å². The third-order valence-electron chi connectivity index (χ3n) is 3.62. The Morgan fingerprint density at radius 3 is 2.58 bits per heavy atom. The Morgan fingerprint density at radius 2 is 1.96 bits per heavy atom.